The third kappa shape index (κ3) is 11.1. The molecule has 184 valence electrons. The van der Waals surface area contributed by atoms with Gasteiger partial charge in [0.05, 0.1) is 13.0 Å². The first kappa shape index (κ1) is 29.4. The van der Waals surface area contributed by atoms with Crippen LogP contribution in [0.4, 0.5) is 4.79 Å². The molecular weight excluding hydrogens is 434 g/mol. The molecule has 6 N–H and O–H groups in total. The zero-order chi connectivity index (χ0) is 25.2. The number of amides is 1. The Morgan fingerprint density at radius 3 is 2.00 bits per heavy atom. The Morgan fingerprint density at radius 2 is 1.56 bits per heavy atom. The van der Waals surface area contributed by atoms with Gasteiger partial charge in [-0.2, -0.15) is 0 Å². The molecule has 13 heteroatoms. The minimum absolute atomic E-state index is 0.473. The summed E-state index contributed by atoms with van der Waals surface area (Å²) in [6.45, 7) is 4.76. The molecule has 0 aromatic rings. The lowest BCUT2D eigenvalue weighted by molar-refractivity contribution is -0.173. The van der Waals surface area contributed by atoms with Crippen molar-refractivity contribution in [2.45, 2.75) is 83.0 Å². The van der Waals surface area contributed by atoms with E-state index in [0.29, 0.717) is 0 Å². The van der Waals surface area contributed by atoms with E-state index in [4.69, 9.17) is 14.6 Å². The van der Waals surface area contributed by atoms with E-state index in [1.165, 1.54) is 0 Å². The molecule has 0 aliphatic carbocycles. The summed E-state index contributed by atoms with van der Waals surface area (Å²) in [5.74, 6) is -4.37. The van der Waals surface area contributed by atoms with Gasteiger partial charge in [-0.3, -0.25) is 14.4 Å². The number of aliphatic carboxylic acids is 1. The van der Waals surface area contributed by atoms with E-state index in [9.17, 15) is 44.4 Å². The van der Waals surface area contributed by atoms with Gasteiger partial charge in [0.25, 0.3) is 0 Å². The lowest BCUT2D eigenvalue weighted by Gasteiger charge is -2.28. The molecular formula is C19H31NO12. The van der Waals surface area contributed by atoms with E-state index in [-0.39, 0.29) is 0 Å². The van der Waals surface area contributed by atoms with Gasteiger partial charge in [-0.25, -0.2) is 9.59 Å². The number of carbonyl (C=O) groups excluding carboxylic acids is 4. The van der Waals surface area contributed by atoms with Gasteiger partial charge < -0.3 is 40.3 Å². The van der Waals surface area contributed by atoms with Gasteiger partial charge in [0.15, 0.2) is 11.9 Å². The lowest BCUT2D eigenvalue weighted by atomic mass is 9.98. The van der Waals surface area contributed by atoms with Crippen molar-refractivity contribution in [1.82, 2.24) is 5.32 Å². The molecule has 32 heavy (non-hydrogen) atoms. The van der Waals surface area contributed by atoms with Crippen LogP contribution in [0.25, 0.3) is 0 Å². The number of nitrogens with one attached hydrogen (secondary N) is 1. The molecule has 0 aliphatic rings. The van der Waals surface area contributed by atoms with Gasteiger partial charge in [0, 0.05) is 6.42 Å². The van der Waals surface area contributed by atoms with Crippen molar-refractivity contribution in [3.05, 3.63) is 0 Å². The van der Waals surface area contributed by atoms with E-state index in [2.05, 4.69) is 5.32 Å². The number of rotatable bonds is 13. The molecule has 0 unspecified atom stereocenters. The number of carbonyl (C=O) groups is 5. The summed E-state index contributed by atoms with van der Waals surface area (Å²) in [7, 11) is 0. The van der Waals surface area contributed by atoms with E-state index in [0.717, 1.165) is 6.92 Å². The van der Waals surface area contributed by atoms with E-state index >= 15 is 0 Å². The van der Waals surface area contributed by atoms with E-state index < -0.39 is 91.5 Å². The van der Waals surface area contributed by atoms with Crippen molar-refractivity contribution in [2.24, 2.45) is 0 Å². The predicted octanol–water partition coefficient (Wildman–Crippen LogP) is -1.72. The molecule has 0 aromatic heterocycles. The molecule has 0 aromatic carbocycles. The molecule has 1 amide bonds. The van der Waals surface area contributed by atoms with Gasteiger partial charge in [0.2, 0.25) is 0 Å². The number of ketones is 2. The first-order valence-corrected chi connectivity index (χ1v) is 9.68. The van der Waals surface area contributed by atoms with Gasteiger partial charge in [0.1, 0.15) is 35.7 Å². The highest BCUT2D eigenvalue weighted by Crippen LogP contribution is 2.14. The molecule has 0 aliphatic heterocycles. The number of aliphatic hydroxyl groups is 4. The highest BCUT2D eigenvalue weighted by Gasteiger charge is 2.38. The topological polar surface area (TPSA) is 217 Å². The van der Waals surface area contributed by atoms with Gasteiger partial charge in [-0.05, 0) is 34.1 Å². The first-order valence-electron chi connectivity index (χ1n) is 9.68. The fourth-order valence-electron chi connectivity index (χ4n) is 2.36. The molecule has 0 fully saturated rings. The maximum absolute atomic E-state index is 12.2. The first-order chi connectivity index (χ1) is 14.6. The average molecular weight is 465 g/mol. The normalized spacial score (nSPS) is 16.1. The van der Waals surface area contributed by atoms with Crippen LogP contribution in [0.1, 0.15) is 47.0 Å². The summed E-state index contributed by atoms with van der Waals surface area (Å²) in [5, 5.41) is 49.5. The van der Waals surface area contributed by atoms with Gasteiger partial charge in [-0.15, -0.1) is 0 Å². The van der Waals surface area contributed by atoms with Crippen LogP contribution in [0.15, 0.2) is 0 Å². The van der Waals surface area contributed by atoms with Crippen LogP contribution in [-0.4, -0.2) is 97.8 Å². The molecule has 0 bridgehead atoms. The molecule has 0 rings (SSSR count). The van der Waals surface area contributed by atoms with Crippen LogP contribution in [0.3, 0.4) is 0 Å². The number of Topliss-reactive ketones (excluding diaryl/α,β-unsaturated/α-hetero) is 2. The Morgan fingerprint density at radius 1 is 1.00 bits per heavy atom. The zero-order valence-electron chi connectivity index (χ0n) is 18.3. The zero-order valence-corrected chi connectivity index (χ0v) is 18.3. The summed E-state index contributed by atoms with van der Waals surface area (Å²) in [4.78, 5) is 58.6. The number of hydrogen-bond donors (Lipinski definition) is 6. The second-order valence-electron chi connectivity index (χ2n) is 8.06. The van der Waals surface area contributed by atoms with Crippen LogP contribution in [0.5, 0.6) is 0 Å². The summed E-state index contributed by atoms with van der Waals surface area (Å²) < 4.78 is 9.76. The van der Waals surface area contributed by atoms with Crippen LogP contribution >= 0.6 is 0 Å². The Hall–Kier alpha value is -2.61. The van der Waals surface area contributed by atoms with Crippen molar-refractivity contribution in [2.75, 3.05) is 6.61 Å². The minimum atomic E-state index is -2.18. The Bertz CT molecular complexity index is 686. The van der Waals surface area contributed by atoms with Crippen molar-refractivity contribution < 1.29 is 59.0 Å². The number of alkyl carbamates (subject to hydrolysis) is 1. The highest BCUT2D eigenvalue weighted by molar-refractivity contribution is 6.01. The highest BCUT2D eigenvalue weighted by atomic mass is 16.6. The molecule has 0 saturated carbocycles. The van der Waals surface area contributed by atoms with E-state index in [1.807, 2.05) is 0 Å². The summed E-state index contributed by atoms with van der Waals surface area (Å²) in [6, 6.07) is -1.55. The smallest absolute Gasteiger partial charge is 0.408 e. The summed E-state index contributed by atoms with van der Waals surface area (Å²) >= 11 is 0. The van der Waals surface area contributed by atoms with Crippen molar-refractivity contribution >= 4 is 29.6 Å². The van der Waals surface area contributed by atoms with Crippen LogP contribution in [0, 0.1) is 0 Å². The van der Waals surface area contributed by atoms with Crippen molar-refractivity contribution in [3.8, 4) is 0 Å². The SMILES string of the molecule is CC(=O)CC(=O)[C@H](OC(=O)CC[C@H](NC(=O)OC(C)(C)C)C(=O)O)[C@@H](O)[C@H](O)[C@H](O)CO. The number of carboxylic acids is 1. The number of aliphatic hydroxyl groups excluding tert-OH is 4. The van der Waals surface area contributed by atoms with Gasteiger partial charge >= 0.3 is 18.0 Å². The largest absolute Gasteiger partial charge is 0.480 e. The fraction of sp³-hybridized carbons (Fsp3) is 0.737. The third-order valence-electron chi connectivity index (χ3n) is 3.87. The van der Waals surface area contributed by atoms with Crippen molar-refractivity contribution in [1.29, 1.82) is 0 Å². The van der Waals surface area contributed by atoms with E-state index in [1.54, 1.807) is 20.8 Å². The summed E-state index contributed by atoms with van der Waals surface area (Å²) in [6.07, 6.45) is -11.1. The minimum Gasteiger partial charge on any atom is -0.480 e. The molecule has 0 heterocycles. The maximum Gasteiger partial charge on any atom is 0.408 e. The number of hydrogen-bond acceptors (Lipinski definition) is 11. The molecule has 13 nitrogen and oxygen atoms in total. The molecule has 0 spiro atoms. The molecule has 5 atom stereocenters. The number of carboxylic acid groups (broad SMARTS) is 1. The maximum atomic E-state index is 12.2. The molecule has 0 radical (unpaired) electrons. The van der Waals surface area contributed by atoms with Crippen LogP contribution in [0.2, 0.25) is 0 Å². The Labute approximate surface area is 184 Å². The quantitative estimate of drug-likeness (QED) is 0.132. The van der Waals surface area contributed by atoms with Crippen LogP contribution in [-0.2, 0) is 28.7 Å². The van der Waals surface area contributed by atoms with Crippen LogP contribution < -0.4 is 5.32 Å². The third-order valence-corrected chi connectivity index (χ3v) is 3.87. The number of ether oxygens (including phenoxy) is 2. The Kier molecular flexibility index (Phi) is 12.0. The predicted molar refractivity (Wildman–Crippen MR) is 105 cm³/mol. The van der Waals surface area contributed by atoms with Crippen molar-refractivity contribution in [3.63, 3.8) is 0 Å². The Balaban J connectivity index is 5.22. The molecule has 0 saturated heterocycles. The monoisotopic (exact) mass is 465 g/mol. The summed E-state index contributed by atoms with van der Waals surface area (Å²) in [5.41, 5.74) is -0.896. The average Bonchev–Trinajstić information content (AvgIpc) is 2.65. The second kappa shape index (κ2) is 13.1. The second-order valence-corrected chi connectivity index (χ2v) is 8.06. The van der Waals surface area contributed by atoms with Gasteiger partial charge in [-0.1, -0.05) is 0 Å². The number of esters is 1. The fourth-order valence-corrected chi connectivity index (χ4v) is 2.36. The lowest BCUT2D eigenvalue weighted by Crippen LogP contribution is -2.50. The standard InChI is InChI=1S/C19H31NO12/c1-9(22)7-11(23)16(15(27)14(26)12(24)8-21)31-13(25)6-5-10(17(28)29)20-18(30)32-19(2,3)4/h10,12,14-16,21,24,26-27H,5-8H2,1-4H3,(H,20,30)(H,28,29)/t10-,12+,14+,15-,16-/m0/s1.